The van der Waals surface area contributed by atoms with Crippen molar-refractivity contribution in [1.82, 2.24) is 5.32 Å². The zero-order valence-electron chi connectivity index (χ0n) is 9.29. The van der Waals surface area contributed by atoms with Gasteiger partial charge < -0.3 is 5.32 Å². The highest BCUT2D eigenvalue weighted by Crippen LogP contribution is 1.97. The Balaban J connectivity index is 0.000000255. The molecule has 1 aromatic carbocycles. The smallest absolute Gasteiger partial charge is 0.00517 e. The Morgan fingerprint density at radius 3 is 2.14 bits per heavy atom. The average molecular weight is 191 g/mol. The van der Waals surface area contributed by atoms with Crippen LogP contribution in [0.2, 0.25) is 0 Å². The molecule has 0 saturated heterocycles. The second kappa shape index (κ2) is 10.0. The largest absolute Gasteiger partial charge is 0.317 e. The maximum atomic E-state index is 3.63. The van der Waals surface area contributed by atoms with Crippen molar-refractivity contribution in [2.24, 2.45) is 0 Å². The van der Waals surface area contributed by atoms with Gasteiger partial charge in [0.25, 0.3) is 0 Å². The molecule has 0 saturated carbocycles. The molecule has 1 nitrogen and oxygen atoms in total. The molecule has 78 valence electrons. The van der Waals surface area contributed by atoms with Crippen LogP contribution in [0.4, 0.5) is 0 Å². The van der Waals surface area contributed by atoms with Gasteiger partial charge in [0.05, 0.1) is 0 Å². The summed E-state index contributed by atoms with van der Waals surface area (Å²) in [6, 6.07) is 10.0. The van der Waals surface area contributed by atoms with Gasteiger partial charge in [-0.2, -0.15) is 0 Å². The predicted octanol–water partition coefficient (Wildman–Crippen LogP) is 3.34. The Morgan fingerprint density at radius 2 is 1.86 bits per heavy atom. The van der Waals surface area contributed by atoms with Crippen molar-refractivity contribution in [3.8, 4) is 0 Å². The van der Waals surface area contributed by atoms with Crippen LogP contribution in [0.15, 0.2) is 36.9 Å². The van der Waals surface area contributed by atoms with Gasteiger partial charge in [0.1, 0.15) is 0 Å². The number of hydrogen-bond acceptors (Lipinski definition) is 1. The van der Waals surface area contributed by atoms with Crippen LogP contribution in [0, 0.1) is 0 Å². The van der Waals surface area contributed by atoms with Crippen molar-refractivity contribution in [2.45, 2.75) is 20.3 Å². The van der Waals surface area contributed by atoms with Crippen LogP contribution in [0.25, 0.3) is 6.08 Å². The molecular formula is C13H21N. The first kappa shape index (κ1) is 12.9. The second-order valence-electron chi connectivity index (χ2n) is 2.97. The monoisotopic (exact) mass is 191 g/mol. The highest BCUT2D eigenvalue weighted by atomic mass is 14.8. The standard InChI is InChI=1S/C8H8.C5H13N/c1-2-8-6-4-3-5-7-8;1-3-5-6-4-2/h2-7H,1H2;6H,3-5H2,1-2H3. The summed E-state index contributed by atoms with van der Waals surface area (Å²) in [7, 11) is 0. The molecule has 1 heteroatoms. The first-order valence-corrected chi connectivity index (χ1v) is 5.23. The van der Waals surface area contributed by atoms with Gasteiger partial charge in [-0.25, -0.2) is 0 Å². The van der Waals surface area contributed by atoms with Gasteiger partial charge in [-0.1, -0.05) is 56.8 Å². The molecule has 0 atom stereocenters. The van der Waals surface area contributed by atoms with E-state index in [1.165, 1.54) is 12.0 Å². The Bertz CT molecular complexity index is 212. The third-order valence-corrected chi connectivity index (χ3v) is 1.71. The number of rotatable bonds is 4. The molecular weight excluding hydrogens is 170 g/mol. The molecule has 0 spiro atoms. The first-order chi connectivity index (χ1) is 6.85. The summed E-state index contributed by atoms with van der Waals surface area (Å²) in [5.74, 6) is 0. The molecule has 0 unspecified atom stereocenters. The maximum Gasteiger partial charge on any atom is -0.00517 e. The quantitative estimate of drug-likeness (QED) is 0.720. The number of nitrogens with one attached hydrogen (secondary N) is 1. The van der Waals surface area contributed by atoms with E-state index in [2.05, 4.69) is 25.7 Å². The Kier molecular flexibility index (Phi) is 9.23. The minimum atomic E-state index is 1.10. The average Bonchev–Trinajstić information content (AvgIpc) is 2.28. The molecule has 0 aliphatic carbocycles. The Labute approximate surface area is 87.9 Å². The van der Waals surface area contributed by atoms with E-state index in [4.69, 9.17) is 0 Å². The molecule has 0 fully saturated rings. The van der Waals surface area contributed by atoms with Crippen molar-refractivity contribution >= 4 is 6.08 Å². The molecule has 0 aliphatic rings. The van der Waals surface area contributed by atoms with E-state index in [-0.39, 0.29) is 0 Å². The zero-order valence-corrected chi connectivity index (χ0v) is 9.29. The summed E-state index contributed by atoms with van der Waals surface area (Å²) in [4.78, 5) is 0. The summed E-state index contributed by atoms with van der Waals surface area (Å²) >= 11 is 0. The van der Waals surface area contributed by atoms with E-state index in [0.717, 1.165) is 13.1 Å². The van der Waals surface area contributed by atoms with Gasteiger partial charge >= 0.3 is 0 Å². The molecule has 0 heterocycles. The van der Waals surface area contributed by atoms with Gasteiger partial charge in [-0.05, 0) is 25.1 Å². The van der Waals surface area contributed by atoms with Crippen LogP contribution in [-0.4, -0.2) is 13.1 Å². The maximum absolute atomic E-state index is 3.63. The molecule has 0 radical (unpaired) electrons. The summed E-state index contributed by atoms with van der Waals surface area (Å²) in [6.07, 6.45) is 3.08. The molecule has 0 amide bonds. The fourth-order valence-corrected chi connectivity index (χ4v) is 0.943. The summed E-state index contributed by atoms with van der Waals surface area (Å²) in [6.45, 7) is 10.2. The summed E-state index contributed by atoms with van der Waals surface area (Å²) < 4.78 is 0. The van der Waals surface area contributed by atoms with Crippen molar-refractivity contribution in [3.05, 3.63) is 42.5 Å². The Hall–Kier alpha value is -1.08. The normalized spacial score (nSPS) is 8.71. The van der Waals surface area contributed by atoms with E-state index in [1.54, 1.807) is 0 Å². The van der Waals surface area contributed by atoms with E-state index in [9.17, 15) is 0 Å². The van der Waals surface area contributed by atoms with Crippen LogP contribution in [0.1, 0.15) is 25.8 Å². The SMILES string of the molecule is C=Cc1ccccc1.CCCNCC. The van der Waals surface area contributed by atoms with Gasteiger partial charge in [0.2, 0.25) is 0 Å². The fraction of sp³-hybridized carbons (Fsp3) is 0.385. The van der Waals surface area contributed by atoms with E-state index in [0.29, 0.717) is 0 Å². The predicted molar refractivity (Wildman–Crippen MR) is 65.4 cm³/mol. The third-order valence-electron chi connectivity index (χ3n) is 1.71. The highest BCUT2D eigenvalue weighted by Gasteiger charge is 1.75. The van der Waals surface area contributed by atoms with E-state index in [1.807, 2.05) is 36.4 Å². The molecule has 14 heavy (non-hydrogen) atoms. The lowest BCUT2D eigenvalue weighted by Gasteiger charge is -1.91. The van der Waals surface area contributed by atoms with E-state index >= 15 is 0 Å². The lowest BCUT2D eigenvalue weighted by Crippen LogP contribution is -2.12. The van der Waals surface area contributed by atoms with Gasteiger partial charge in [0.15, 0.2) is 0 Å². The molecule has 1 rings (SSSR count). The zero-order chi connectivity index (χ0) is 10.6. The summed E-state index contributed by atoms with van der Waals surface area (Å²) in [5, 5.41) is 3.20. The topological polar surface area (TPSA) is 12.0 Å². The molecule has 1 aromatic rings. The molecule has 0 aliphatic heterocycles. The Morgan fingerprint density at radius 1 is 1.21 bits per heavy atom. The van der Waals surface area contributed by atoms with Crippen molar-refractivity contribution in [3.63, 3.8) is 0 Å². The first-order valence-electron chi connectivity index (χ1n) is 5.23. The minimum Gasteiger partial charge on any atom is -0.317 e. The fourth-order valence-electron chi connectivity index (χ4n) is 0.943. The minimum absolute atomic E-state index is 1.10. The van der Waals surface area contributed by atoms with Crippen molar-refractivity contribution < 1.29 is 0 Å². The third kappa shape index (κ3) is 7.56. The lowest BCUT2D eigenvalue weighted by molar-refractivity contribution is 0.703. The number of benzene rings is 1. The number of hydrogen-bond donors (Lipinski definition) is 1. The van der Waals surface area contributed by atoms with Crippen LogP contribution < -0.4 is 5.32 Å². The van der Waals surface area contributed by atoms with Crippen LogP contribution >= 0.6 is 0 Å². The molecule has 0 aromatic heterocycles. The summed E-state index contributed by atoms with van der Waals surface area (Å²) in [5.41, 5.74) is 1.17. The molecule has 0 bridgehead atoms. The van der Waals surface area contributed by atoms with Crippen molar-refractivity contribution in [1.29, 1.82) is 0 Å². The lowest BCUT2D eigenvalue weighted by atomic mass is 10.2. The van der Waals surface area contributed by atoms with Crippen LogP contribution in [0.3, 0.4) is 0 Å². The van der Waals surface area contributed by atoms with Crippen LogP contribution in [-0.2, 0) is 0 Å². The van der Waals surface area contributed by atoms with Gasteiger partial charge in [-0.3, -0.25) is 0 Å². The highest BCUT2D eigenvalue weighted by molar-refractivity contribution is 5.45. The second-order valence-corrected chi connectivity index (χ2v) is 2.97. The molecule has 1 N–H and O–H groups in total. The van der Waals surface area contributed by atoms with Gasteiger partial charge in [-0.15, -0.1) is 0 Å². The van der Waals surface area contributed by atoms with Crippen LogP contribution in [0.5, 0.6) is 0 Å². The van der Waals surface area contributed by atoms with Crippen molar-refractivity contribution in [2.75, 3.05) is 13.1 Å². The van der Waals surface area contributed by atoms with Gasteiger partial charge in [0, 0.05) is 0 Å². The van der Waals surface area contributed by atoms with E-state index < -0.39 is 0 Å².